The molecule has 0 aromatic heterocycles. The summed E-state index contributed by atoms with van der Waals surface area (Å²) in [5.41, 5.74) is 21.1. The number of aliphatic hydroxyl groups excluding tert-OH is 2. The Bertz CT molecular complexity index is 509. The molecule has 5 N–H and O–H groups in total. The van der Waals surface area contributed by atoms with Crippen molar-refractivity contribution in [2.45, 2.75) is 96.1 Å². The summed E-state index contributed by atoms with van der Waals surface area (Å²) in [5, 5.41) is 26.5. The first kappa shape index (κ1) is 31.2. The highest BCUT2D eigenvalue weighted by atomic mass is 16.3. The number of azide groups is 2. The van der Waals surface area contributed by atoms with Gasteiger partial charge in [-0.15, -0.1) is 0 Å². The summed E-state index contributed by atoms with van der Waals surface area (Å²) in [6, 6.07) is -0.878. The average molecular weight is 443 g/mol. The van der Waals surface area contributed by atoms with Gasteiger partial charge in [-0.3, -0.25) is 4.79 Å². The number of rotatable bonds is 19. The van der Waals surface area contributed by atoms with Gasteiger partial charge >= 0.3 is 0 Å². The number of aliphatic hydroxyl groups is 2. The number of hydrogen-bond acceptors (Lipinski definition) is 6. The van der Waals surface area contributed by atoms with E-state index in [9.17, 15) is 4.79 Å². The van der Waals surface area contributed by atoms with Crippen molar-refractivity contribution < 1.29 is 15.0 Å². The predicted octanol–water partition coefficient (Wildman–Crippen LogP) is 4.09. The Hall–Kier alpha value is -2.03. The van der Waals surface area contributed by atoms with Crippen LogP contribution in [0.15, 0.2) is 10.2 Å². The van der Waals surface area contributed by atoms with Crippen LogP contribution in [0.4, 0.5) is 0 Å². The first-order valence-electron chi connectivity index (χ1n) is 11.3. The molecule has 0 unspecified atom stereocenters. The summed E-state index contributed by atoms with van der Waals surface area (Å²) in [5.74, 6) is -0.0758. The lowest BCUT2D eigenvalue weighted by Crippen LogP contribution is -2.39. The third-order valence-electron chi connectivity index (χ3n) is 4.57. The van der Waals surface area contributed by atoms with E-state index in [4.69, 9.17) is 27.0 Å². The van der Waals surface area contributed by atoms with E-state index in [0.717, 1.165) is 12.8 Å². The van der Waals surface area contributed by atoms with Crippen LogP contribution < -0.4 is 11.1 Å². The van der Waals surface area contributed by atoms with Gasteiger partial charge in [-0.1, -0.05) is 81.4 Å². The number of carbonyl (C=O) groups is 1. The summed E-state index contributed by atoms with van der Waals surface area (Å²) in [6.07, 6.45) is 14.3. The van der Waals surface area contributed by atoms with E-state index in [1.165, 1.54) is 57.8 Å². The number of unbranched alkanes of at least 4 members (excludes halogenated alkanes) is 10. The predicted molar refractivity (Wildman–Crippen MR) is 123 cm³/mol. The zero-order valence-electron chi connectivity index (χ0n) is 19.0. The first-order chi connectivity index (χ1) is 15.0. The highest BCUT2D eigenvalue weighted by Crippen LogP contribution is 2.11. The van der Waals surface area contributed by atoms with Crippen molar-refractivity contribution in [3.63, 3.8) is 0 Å². The molecule has 0 aromatic carbocycles. The van der Waals surface area contributed by atoms with E-state index in [1.54, 1.807) is 0 Å². The van der Waals surface area contributed by atoms with E-state index in [-0.39, 0.29) is 32.2 Å². The van der Waals surface area contributed by atoms with Crippen LogP contribution in [0.3, 0.4) is 0 Å². The summed E-state index contributed by atoms with van der Waals surface area (Å²) >= 11 is 0. The summed E-state index contributed by atoms with van der Waals surface area (Å²) < 4.78 is 0. The minimum atomic E-state index is -0.467. The Labute approximate surface area is 186 Å². The standard InChI is InChI=1S/C17H34N4O2.C3H8N4O/c1-2-3-4-5-6-7-8-9-10-11-12-13-17(23)20-16(15-22)14-19-21-18;4-3(2-8)1-6-7-5/h16,22H,2-15H2,1H3,(H,20,23);3,8H,1-2,4H2/t16-;3-/m11/s1. The maximum Gasteiger partial charge on any atom is 0.220 e. The van der Waals surface area contributed by atoms with Crippen LogP contribution in [0.5, 0.6) is 0 Å². The Morgan fingerprint density at radius 1 is 0.871 bits per heavy atom. The van der Waals surface area contributed by atoms with Crippen LogP contribution in [-0.4, -0.2) is 54.5 Å². The fourth-order valence-electron chi connectivity index (χ4n) is 2.73. The number of nitrogens with two attached hydrogens (primary N) is 1. The van der Waals surface area contributed by atoms with Crippen LogP contribution in [0.1, 0.15) is 84.0 Å². The second kappa shape index (κ2) is 26.0. The molecule has 0 aliphatic heterocycles. The fraction of sp³-hybridized carbons (Fsp3) is 0.950. The van der Waals surface area contributed by atoms with Crippen molar-refractivity contribution in [3.8, 4) is 0 Å². The van der Waals surface area contributed by atoms with Crippen molar-refractivity contribution in [2.75, 3.05) is 26.3 Å². The molecule has 11 nitrogen and oxygen atoms in total. The van der Waals surface area contributed by atoms with E-state index in [0.29, 0.717) is 6.42 Å². The molecular weight excluding hydrogens is 400 g/mol. The second-order valence-corrected chi connectivity index (χ2v) is 7.50. The Balaban J connectivity index is 0. The minimum absolute atomic E-state index is 0.0758. The van der Waals surface area contributed by atoms with Crippen molar-refractivity contribution in [2.24, 2.45) is 16.0 Å². The lowest BCUT2D eigenvalue weighted by molar-refractivity contribution is -0.122. The van der Waals surface area contributed by atoms with Gasteiger partial charge < -0.3 is 21.3 Å². The first-order valence-corrected chi connectivity index (χ1v) is 11.3. The number of nitrogens with zero attached hydrogens (tertiary/aromatic N) is 6. The van der Waals surface area contributed by atoms with Gasteiger partial charge in [-0.2, -0.15) is 0 Å². The molecule has 0 saturated carbocycles. The van der Waals surface area contributed by atoms with Gasteiger partial charge in [0.15, 0.2) is 0 Å². The largest absolute Gasteiger partial charge is 0.395 e. The molecule has 1 amide bonds. The smallest absolute Gasteiger partial charge is 0.220 e. The lowest BCUT2D eigenvalue weighted by atomic mass is 10.1. The van der Waals surface area contributed by atoms with Gasteiger partial charge in [0.25, 0.3) is 0 Å². The molecule has 0 radical (unpaired) electrons. The summed E-state index contributed by atoms with van der Waals surface area (Å²) in [6.45, 7) is 2.15. The van der Waals surface area contributed by atoms with Gasteiger partial charge in [-0.05, 0) is 17.5 Å². The SMILES string of the molecule is CCCCCCCCCCCCCC(=O)N[C@@H](CO)CN=[N+]=[N-].[N-]=[N+]=NC[C@@H](N)CO. The number of carbonyl (C=O) groups excluding carboxylic acids is 1. The maximum atomic E-state index is 11.7. The van der Waals surface area contributed by atoms with Gasteiger partial charge in [-0.25, -0.2) is 0 Å². The molecule has 0 fully saturated rings. The number of hydrogen-bond donors (Lipinski definition) is 4. The van der Waals surface area contributed by atoms with Crippen LogP contribution >= 0.6 is 0 Å². The molecule has 11 heteroatoms. The average Bonchev–Trinajstić information content (AvgIpc) is 2.78. The fourth-order valence-corrected chi connectivity index (χ4v) is 2.73. The third kappa shape index (κ3) is 25.9. The van der Waals surface area contributed by atoms with Crippen molar-refractivity contribution in [1.29, 1.82) is 0 Å². The van der Waals surface area contributed by atoms with E-state index < -0.39 is 12.1 Å². The summed E-state index contributed by atoms with van der Waals surface area (Å²) in [7, 11) is 0. The van der Waals surface area contributed by atoms with E-state index in [2.05, 4.69) is 32.3 Å². The highest BCUT2D eigenvalue weighted by molar-refractivity contribution is 5.76. The molecule has 0 aromatic rings. The van der Waals surface area contributed by atoms with Gasteiger partial charge in [0, 0.05) is 35.4 Å². The molecule has 0 rings (SSSR count). The summed E-state index contributed by atoms with van der Waals surface area (Å²) in [4.78, 5) is 16.8. The zero-order valence-corrected chi connectivity index (χ0v) is 19.0. The van der Waals surface area contributed by atoms with Gasteiger partial charge in [0.05, 0.1) is 19.3 Å². The molecule has 0 aliphatic rings. The molecule has 0 bridgehead atoms. The van der Waals surface area contributed by atoms with E-state index >= 15 is 0 Å². The Kier molecular flexibility index (Phi) is 26.1. The maximum absolute atomic E-state index is 11.7. The molecular formula is C20H42N8O3. The van der Waals surface area contributed by atoms with Crippen molar-refractivity contribution in [3.05, 3.63) is 20.9 Å². The molecule has 2 atom stereocenters. The van der Waals surface area contributed by atoms with Gasteiger partial charge in [0.2, 0.25) is 5.91 Å². The van der Waals surface area contributed by atoms with Crippen molar-refractivity contribution >= 4 is 5.91 Å². The molecule has 31 heavy (non-hydrogen) atoms. The molecule has 180 valence electrons. The Morgan fingerprint density at radius 3 is 1.81 bits per heavy atom. The van der Waals surface area contributed by atoms with E-state index in [1.807, 2.05) is 0 Å². The molecule has 0 aliphatic carbocycles. The molecule has 0 saturated heterocycles. The van der Waals surface area contributed by atoms with Crippen LogP contribution in [0.2, 0.25) is 0 Å². The third-order valence-corrected chi connectivity index (χ3v) is 4.57. The zero-order chi connectivity index (χ0) is 23.6. The highest BCUT2D eigenvalue weighted by Gasteiger charge is 2.09. The van der Waals surface area contributed by atoms with Crippen molar-refractivity contribution in [1.82, 2.24) is 5.32 Å². The van der Waals surface area contributed by atoms with Gasteiger partial charge in [0.1, 0.15) is 0 Å². The minimum Gasteiger partial charge on any atom is -0.395 e. The molecule has 0 spiro atoms. The lowest BCUT2D eigenvalue weighted by Gasteiger charge is -2.13. The monoisotopic (exact) mass is 442 g/mol. The Morgan fingerprint density at radius 2 is 1.35 bits per heavy atom. The van der Waals surface area contributed by atoms with Crippen LogP contribution in [0, 0.1) is 0 Å². The number of amides is 1. The van der Waals surface area contributed by atoms with Crippen LogP contribution in [-0.2, 0) is 4.79 Å². The molecule has 0 heterocycles. The number of nitrogens with one attached hydrogen (secondary N) is 1. The van der Waals surface area contributed by atoms with Crippen LogP contribution in [0.25, 0.3) is 20.9 Å². The second-order valence-electron chi connectivity index (χ2n) is 7.50. The quantitative estimate of drug-likeness (QED) is 0.101. The topological polar surface area (TPSA) is 193 Å². The normalized spacial score (nSPS) is 11.9.